The summed E-state index contributed by atoms with van der Waals surface area (Å²) < 4.78 is 0. The van der Waals surface area contributed by atoms with E-state index >= 15 is 0 Å². The van der Waals surface area contributed by atoms with E-state index in [1.807, 2.05) is 18.2 Å². The average Bonchev–Trinajstić information content (AvgIpc) is 3.06. The van der Waals surface area contributed by atoms with E-state index in [9.17, 15) is 0 Å². The minimum atomic E-state index is -0.391. The first-order chi connectivity index (χ1) is 19.8. The molecule has 0 N–H and O–H groups in total. The van der Waals surface area contributed by atoms with Crippen molar-refractivity contribution in [3.8, 4) is 22.3 Å². The Balaban J connectivity index is 0.000000194. The molecule has 0 nitrogen and oxygen atoms in total. The smallest absolute Gasteiger partial charge is 0.0474 e. The van der Waals surface area contributed by atoms with Gasteiger partial charge in [0.25, 0.3) is 0 Å². The number of rotatable bonds is 7. The highest BCUT2D eigenvalue weighted by molar-refractivity contribution is 7.72. The van der Waals surface area contributed by atoms with Crippen molar-refractivity contribution in [3.63, 3.8) is 0 Å². The number of hydrogen-bond acceptors (Lipinski definition) is 0. The molecule has 0 unspecified atom stereocenters. The highest BCUT2D eigenvalue weighted by Gasteiger charge is 2.14. The van der Waals surface area contributed by atoms with E-state index < -0.39 is 7.92 Å². The second-order valence-electron chi connectivity index (χ2n) is 9.52. The Kier molecular flexibility index (Phi) is 9.96. The fraction of sp³-hybridized carbons (Fsp3) is 0.0526. The van der Waals surface area contributed by atoms with Crippen LogP contribution >= 0.6 is 19.5 Å². The van der Waals surface area contributed by atoms with Crippen molar-refractivity contribution in [1.82, 2.24) is 0 Å². The van der Waals surface area contributed by atoms with Gasteiger partial charge in [-0.2, -0.15) is 0 Å². The summed E-state index contributed by atoms with van der Waals surface area (Å²) in [5, 5.41) is 2.86. The summed E-state index contributed by atoms with van der Waals surface area (Å²) in [6.45, 7) is 0. The molecule has 0 heterocycles. The quantitative estimate of drug-likeness (QED) is 0.136. The predicted molar refractivity (Wildman–Crippen MR) is 176 cm³/mol. The van der Waals surface area contributed by atoms with Crippen molar-refractivity contribution in [2.75, 3.05) is 0 Å². The maximum atomic E-state index is 5.73. The molecular weight excluding hydrogens is 523 g/mol. The van der Waals surface area contributed by atoms with Gasteiger partial charge in [0.05, 0.1) is 0 Å². The van der Waals surface area contributed by atoms with Crippen LogP contribution in [0.3, 0.4) is 0 Å². The first-order valence-corrected chi connectivity index (χ1v) is 15.6. The summed E-state index contributed by atoms with van der Waals surface area (Å²) in [5.74, 6) is 0.578. The molecular formula is C38H32ClP. The topological polar surface area (TPSA) is 0 Å². The lowest BCUT2D eigenvalue weighted by molar-refractivity contribution is 1.40. The van der Waals surface area contributed by atoms with Gasteiger partial charge in [-0.05, 0) is 51.9 Å². The van der Waals surface area contributed by atoms with Gasteiger partial charge in [-0.1, -0.05) is 170 Å². The third-order valence-electron chi connectivity index (χ3n) is 6.75. The minimum Gasteiger partial charge on any atom is -0.122 e. The van der Waals surface area contributed by atoms with Gasteiger partial charge in [-0.15, -0.1) is 11.6 Å². The number of benzene rings is 6. The maximum Gasteiger partial charge on any atom is 0.0474 e. The van der Waals surface area contributed by atoms with Gasteiger partial charge >= 0.3 is 0 Å². The van der Waals surface area contributed by atoms with Gasteiger partial charge in [0.15, 0.2) is 0 Å². The molecule has 0 spiro atoms. The molecule has 0 saturated carbocycles. The largest absolute Gasteiger partial charge is 0.122 e. The van der Waals surface area contributed by atoms with Gasteiger partial charge in [-0.3, -0.25) is 0 Å². The van der Waals surface area contributed by atoms with Crippen LogP contribution in [0.1, 0.15) is 11.1 Å². The molecule has 0 aliphatic carbocycles. The lowest BCUT2D eigenvalue weighted by Gasteiger charge is -2.19. The van der Waals surface area contributed by atoms with Crippen LogP contribution < -0.4 is 10.6 Å². The molecule has 0 bridgehead atoms. The van der Waals surface area contributed by atoms with E-state index in [0.717, 1.165) is 11.7 Å². The Hall–Kier alpha value is -3.96. The fourth-order valence-electron chi connectivity index (χ4n) is 4.58. The van der Waals surface area contributed by atoms with Crippen molar-refractivity contribution in [1.29, 1.82) is 0 Å². The fourth-order valence-corrected chi connectivity index (χ4v) is 7.06. The lowest BCUT2D eigenvalue weighted by Crippen LogP contribution is -2.12. The van der Waals surface area contributed by atoms with Crippen molar-refractivity contribution >= 4 is 30.1 Å². The van der Waals surface area contributed by atoms with Crippen LogP contribution in [0.5, 0.6) is 0 Å². The summed E-state index contributed by atoms with van der Waals surface area (Å²) in [4.78, 5) is 0. The number of hydrogen-bond donors (Lipinski definition) is 0. The molecule has 0 fully saturated rings. The van der Waals surface area contributed by atoms with Crippen molar-refractivity contribution < 1.29 is 0 Å². The zero-order valence-electron chi connectivity index (χ0n) is 22.4. The normalized spacial score (nSPS) is 10.6. The molecule has 0 atom stereocenters. The third-order valence-corrected chi connectivity index (χ3v) is 9.59. The van der Waals surface area contributed by atoms with E-state index in [1.165, 1.54) is 38.4 Å². The van der Waals surface area contributed by atoms with Gasteiger partial charge < -0.3 is 0 Å². The third kappa shape index (κ3) is 7.57. The van der Waals surface area contributed by atoms with Crippen molar-refractivity contribution in [2.24, 2.45) is 0 Å². The molecule has 6 aromatic rings. The summed E-state index contributed by atoms with van der Waals surface area (Å²) in [7, 11) is -0.391. The molecule has 0 aliphatic rings. The SMILES string of the molecule is ClCc1ccc(-c2ccccc2)cc1.c1ccc(-c2ccc(CP(c3ccccc3)c3ccccc3)cc2)cc1. The summed E-state index contributed by atoms with van der Waals surface area (Å²) in [5.41, 5.74) is 7.58. The van der Waals surface area contributed by atoms with Crippen LogP contribution in [-0.2, 0) is 12.0 Å². The van der Waals surface area contributed by atoms with E-state index in [0.29, 0.717) is 5.88 Å². The molecule has 0 saturated heterocycles. The summed E-state index contributed by atoms with van der Waals surface area (Å²) in [6, 6.07) is 60.1. The molecule has 6 aromatic carbocycles. The molecule has 0 aliphatic heterocycles. The monoisotopic (exact) mass is 554 g/mol. The standard InChI is InChI=1S/C25H21P.C13H11Cl/c1-4-10-22(11-5-1)23-18-16-21(17-19-23)20-26(24-12-6-2-7-13-24)25-14-8-3-9-15-25;14-10-11-6-8-13(9-7-11)12-4-2-1-3-5-12/h1-19H,20H2;1-9H,10H2. The van der Waals surface area contributed by atoms with Crippen LogP contribution in [0.2, 0.25) is 0 Å². The van der Waals surface area contributed by atoms with Crippen LogP contribution in [0.4, 0.5) is 0 Å². The molecule has 0 aromatic heterocycles. The number of alkyl halides is 1. The zero-order chi connectivity index (χ0) is 27.4. The second kappa shape index (κ2) is 14.4. The van der Waals surface area contributed by atoms with Gasteiger partial charge in [0.1, 0.15) is 0 Å². The Labute approximate surface area is 244 Å². The highest BCUT2D eigenvalue weighted by atomic mass is 35.5. The molecule has 196 valence electrons. The predicted octanol–water partition coefficient (Wildman–Crippen LogP) is 10.1. The minimum absolute atomic E-state index is 0.391. The summed E-state index contributed by atoms with van der Waals surface area (Å²) in [6.07, 6.45) is 1.07. The van der Waals surface area contributed by atoms with Gasteiger partial charge in [-0.25, -0.2) is 0 Å². The average molecular weight is 555 g/mol. The van der Waals surface area contributed by atoms with E-state index in [4.69, 9.17) is 11.6 Å². The van der Waals surface area contributed by atoms with E-state index in [2.05, 4.69) is 152 Å². The Morgan fingerprint density at radius 2 is 0.675 bits per heavy atom. The molecule has 2 heteroatoms. The van der Waals surface area contributed by atoms with Gasteiger partial charge in [0, 0.05) is 12.0 Å². The Morgan fingerprint density at radius 1 is 0.350 bits per heavy atom. The van der Waals surface area contributed by atoms with E-state index in [1.54, 1.807) is 0 Å². The molecule has 0 radical (unpaired) electrons. The van der Waals surface area contributed by atoms with Crippen molar-refractivity contribution in [3.05, 3.63) is 181 Å². The highest BCUT2D eigenvalue weighted by Crippen LogP contribution is 2.38. The van der Waals surface area contributed by atoms with Crippen LogP contribution in [0.25, 0.3) is 22.3 Å². The van der Waals surface area contributed by atoms with Crippen LogP contribution in [-0.4, -0.2) is 0 Å². The lowest BCUT2D eigenvalue weighted by atomic mass is 10.0. The molecule has 6 rings (SSSR count). The maximum absolute atomic E-state index is 5.73. The Bertz CT molecular complexity index is 1510. The van der Waals surface area contributed by atoms with Crippen molar-refractivity contribution in [2.45, 2.75) is 12.0 Å². The van der Waals surface area contributed by atoms with Crippen LogP contribution in [0.15, 0.2) is 170 Å². The number of halogens is 1. The Morgan fingerprint density at radius 3 is 1.05 bits per heavy atom. The zero-order valence-corrected chi connectivity index (χ0v) is 24.1. The first-order valence-electron chi connectivity index (χ1n) is 13.5. The molecule has 40 heavy (non-hydrogen) atoms. The molecule has 0 amide bonds. The first kappa shape index (κ1) is 27.6. The van der Waals surface area contributed by atoms with Gasteiger partial charge in [0.2, 0.25) is 0 Å². The summed E-state index contributed by atoms with van der Waals surface area (Å²) >= 11 is 5.73. The second-order valence-corrected chi connectivity index (χ2v) is 12.0. The van der Waals surface area contributed by atoms with Crippen LogP contribution in [0, 0.1) is 0 Å². The van der Waals surface area contributed by atoms with E-state index in [-0.39, 0.29) is 0 Å².